The maximum atomic E-state index is 9.14. The Morgan fingerprint density at radius 3 is 2.39 bits per heavy atom. The normalized spacial score (nSPS) is 14.5. The van der Waals surface area contributed by atoms with Gasteiger partial charge in [0.25, 0.3) is 0 Å². The molecule has 2 heteroatoms. The van der Waals surface area contributed by atoms with Gasteiger partial charge in [-0.2, -0.15) is 0 Å². The van der Waals surface area contributed by atoms with Gasteiger partial charge in [0, 0.05) is 11.7 Å². The van der Waals surface area contributed by atoms with Crippen LogP contribution in [0, 0.1) is 0 Å². The van der Waals surface area contributed by atoms with E-state index in [0.29, 0.717) is 6.04 Å². The molecule has 0 atom stereocenters. The summed E-state index contributed by atoms with van der Waals surface area (Å²) < 4.78 is 0. The monoisotopic (exact) mass is 239 g/mol. The van der Waals surface area contributed by atoms with Gasteiger partial charge >= 0.3 is 0 Å². The van der Waals surface area contributed by atoms with E-state index in [1.807, 2.05) is 18.2 Å². The van der Waals surface area contributed by atoms with Gasteiger partial charge < -0.3 is 10.4 Å². The van der Waals surface area contributed by atoms with Gasteiger partial charge in [0.05, 0.1) is 6.61 Å². The fraction of sp³-hybridized carbons (Fsp3) is 0.250. The minimum atomic E-state index is 0.0976. The van der Waals surface area contributed by atoms with Crippen LogP contribution in [0.4, 0.5) is 5.69 Å². The Labute approximate surface area is 107 Å². The summed E-state index contributed by atoms with van der Waals surface area (Å²) in [6.07, 6.45) is 2.17. The molecule has 2 aromatic carbocycles. The zero-order chi connectivity index (χ0) is 12.4. The van der Waals surface area contributed by atoms with Crippen molar-refractivity contribution in [1.82, 2.24) is 0 Å². The van der Waals surface area contributed by atoms with Crippen molar-refractivity contribution in [3.05, 3.63) is 65.2 Å². The number of rotatable bonds is 3. The molecular weight excluding hydrogens is 222 g/mol. The molecule has 0 fully saturated rings. The van der Waals surface area contributed by atoms with Crippen LogP contribution in [0.2, 0.25) is 0 Å². The lowest BCUT2D eigenvalue weighted by Gasteiger charge is -2.14. The molecule has 2 N–H and O–H groups in total. The number of anilines is 1. The summed E-state index contributed by atoms with van der Waals surface area (Å²) in [4.78, 5) is 0. The number of benzene rings is 2. The third-order valence-corrected chi connectivity index (χ3v) is 3.53. The standard InChI is InChI=1S/C16H17NO/c18-11-12-4-3-7-15(8-12)17-16-9-13-5-1-2-6-14(13)10-16/h1-8,16-18H,9-11H2. The molecule has 1 aliphatic carbocycles. The molecule has 0 unspecified atom stereocenters. The smallest absolute Gasteiger partial charge is 0.0682 e. The second kappa shape index (κ2) is 4.83. The second-order valence-electron chi connectivity index (χ2n) is 4.88. The first-order valence-electron chi connectivity index (χ1n) is 6.38. The molecule has 3 rings (SSSR count). The summed E-state index contributed by atoms with van der Waals surface area (Å²) in [6, 6.07) is 17.1. The van der Waals surface area contributed by atoms with Gasteiger partial charge in [-0.1, -0.05) is 36.4 Å². The quantitative estimate of drug-likeness (QED) is 0.863. The van der Waals surface area contributed by atoms with Crippen molar-refractivity contribution in [2.24, 2.45) is 0 Å². The topological polar surface area (TPSA) is 32.3 Å². The van der Waals surface area contributed by atoms with E-state index >= 15 is 0 Å². The average molecular weight is 239 g/mol. The first-order chi connectivity index (χ1) is 8.85. The van der Waals surface area contributed by atoms with Crippen LogP contribution >= 0.6 is 0 Å². The molecular formula is C16H17NO. The maximum Gasteiger partial charge on any atom is 0.0682 e. The van der Waals surface area contributed by atoms with Gasteiger partial charge in [-0.25, -0.2) is 0 Å². The molecule has 0 heterocycles. The van der Waals surface area contributed by atoms with Crippen LogP contribution in [0.1, 0.15) is 16.7 Å². The Bertz CT molecular complexity index is 525. The molecule has 0 radical (unpaired) electrons. The number of aliphatic hydroxyl groups is 1. The largest absolute Gasteiger partial charge is 0.392 e. The van der Waals surface area contributed by atoms with Crippen LogP contribution in [-0.2, 0) is 19.4 Å². The van der Waals surface area contributed by atoms with Crippen molar-refractivity contribution in [1.29, 1.82) is 0 Å². The van der Waals surface area contributed by atoms with E-state index in [4.69, 9.17) is 5.11 Å². The summed E-state index contributed by atoms with van der Waals surface area (Å²) in [5.74, 6) is 0. The van der Waals surface area contributed by atoms with Crippen molar-refractivity contribution in [2.75, 3.05) is 5.32 Å². The van der Waals surface area contributed by atoms with Gasteiger partial charge in [0.15, 0.2) is 0 Å². The summed E-state index contributed by atoms with van der Waals surface area (Å²) in [7, 11) is 0. The number of hydrogen-bond acceptors (Lipinski definition) is 2. The zero-order valence-corrected chi connectivity index (χ0v) is 10.3. The van der Waals surface area contributed by atoms with Gasteiger partial charge in [0.2, 0.25) is 0 Å². The van der Waals surface area contributed by atoms with Gasteiger partial charge in [-0.15, -0.1) is 0 Å². The summed E-state index contributed by atoms with van der Waals surface area (Å²) >= 11 is 0. The Morgan fingerprint density at radius 1 is 1.00 bits per heavy atom. The highest BCUT2D eigenvalue weighted by Crippen LogP contribution is 2.24. The highest BCUT2D eigenvalue weighted by atomic mass is 16.3. The van der Waals surface area contributed by atoms with Gasteiger partial charge in [0.1, 0.15) is 0 Å². The predicted molar refractivity (Wildman–Crippen MR) is 73.6 cm³/mol. The second-order valence-corrected chi connectivity index (χ2v) is 4.88. The van der Waals surface area contributed by atoms with Crippen molar-refractivity contribution in [3.8, 4) is 0 Å². The van der Waals surface area contributed by atoms with Crippen molar-refractivity contribution < 1.29 is 5.11 Å². The summed E-state index contributed by atoms with van der Waals surface area (Å²) in [5.41, 5.74) is 4.96. The fourth-order valence-electron chi connectivity index (χ4n) is 2.66. The number of aliphatic hydroxyl groups excluding tert-OH is 1. The van der Waals surface area contributed by atoms with Crippen LogP contribution in [0.25, 0.3) is 0 Å². The molecule has 2 nitrogen and oxygen atoms in total. The molecule has 18 heavy (non-hydrogen) atoms. The molecule has 1 aliphatic rings. The van der Waals surface area contributed by atoms with Gasteiger partial charge in [-0.05, 0) is 41.7 Å². The lowest BCUT2D eigenvalue weighted by atomic mass is 10.1. The van der Waals surface area contributed by atoms with Crippen molar-refractivity contribution >= 4 is 5.69 Å². The van der Waals surface area contributed by atoms with Gasteiger partial charge in [-0.3, -0.25) is 0 Å². The SMILES string of the molecule is OCc1cccc(NC2Cc3ccccc3C2)c1. The number of hydrogen-bond donors (Lipinski definition) is 2. The Morgan fingerprint density at radius 2 is 1.72 bits per heavy atom. The van der Waals surface area contributed by atoms with E-state index in [1.54, 1.807) is 0 Å². The summed E-state index contributed by atoms with van der Waals surface area (Å²) in [6.45, 7) is 0.0976. The first kappa shape index (κ1) is 11.3. The van der Waals surface area contributed by atoms with Crippen LogP contribution in [0.5, 0.6) is 0 Å². The highest BCUT2D eigenvalue weighted by Gasteiger charge is 2.20. The molecule has 0 saturated heterocycles. The third-order valence-electron chi connectivity index (χ3n) is 3.53. The average Bonchev–Trinajstić information content (AvgIpc) is 2.81. The van der Waals surface area contributed by atoms with E-state index in [9.17, 15) is 0 Å². The minimum absolute atomic E-state index is 0.0976. The molecule has 0 amide bonds. The van der Waals surface area contributed by atoms with E-state index in [2.05, 4.69) is 35.6 Å². The van der Waals surface area contributed by atoms with E-state index < -0.39 is 0 Å². The first-order valence-corrected chi connectivity index (χ1v) is 6.38. The van der Waals surface area contributed by atoms with Crippen LogP contribution in [-0.4, -0.2) is 11.1 Å². The lowest BCUT2D eigenvalue weighted by Crippen LogP contribution is -2.19. The van der Waals surface area contributed by atoms with Crippen LogP contribution < -0.4 is 5.32 Å². The Hall–Kier alpha value is -1.80. The van der Waals surface area contributed by atoms with Crippen LogP contribution in [0.15, 0.2) is 48.5 Å². The maximum absolute atomic E-state index is 9.14. The lowest BCUT2D eigenvalue weighted by molar-refractivity contribution is 0.282. The fourth-order valence-corrected chi connectivity index (χ4v) is 2.66. The zero-order valence-electron chi connectivity index (χ0n) is 10.3. The predicted octanol–water partition coefficient (Wildman–Crippen LogP) is 2.76. The Balaban J connectivity index is 1.72. The van der Waals surface area contributed by atoms with Crippen LogP contribution in [0.3, 0.4) is 0 Å². The molecule has 92 valence electrons. The van der Waals surface area contributed by atoms with E-state index in [0.717, 1.165) is 24.1 Å². The molecule has 0 saturated carbocycles. The molecule has 0 spiro atoms. The molecule has 0 aliphatic heterocycles. The number of nitrogens with one attached hydrogen (secondary N) is 1. The van der Waals surface area contributed by atoms with Crippen molar-refractivity contribution in [2.45, 2.75) is 25.5 Å². The minimum Gasteiger partial charge on any atom is -0.392 e. The van der Waals surface area contributed by atoms with E-state index in [-0.39, 0.29) is 6.61 Å². The van der Waals surface area contributed by atoms with E-state index in [1.165, 1.54) is 11.1 Å². The molecule has 0 aromatic heterocycles. The van der Waals surface area contributed by atoms with Crippen molar-refractivity contribution in [3.63, 3.8) is 0 Å². The third kappa shape index (κ3) is 2.24. The highest BCUT2D eigenvalue weighted by molar-refractivity contribution is 5.48. The number of fused-ring (bicyclic) bond motifs is 1. The Kier molecular flexibility index (Phi) is 3.03. The summed E-state index contributed by atoms with van der Waals surface area (Å²) in [5, 5.41) is 12.7. The molecule has 0 bridgehead atoms. The molecule has 2 aromatic rings.